The first-order chi connectivity index (χ1) is 10.7. The maximum atomic E-state index is 4.67. The van der Waals surface area contributed by atoms with Crippen LogP contribution >= 0.6 is 12.4 Å². The third-order valence-corrected chi connectivity index (χ3v) is 3.91. The molecule has 0 spiro atoms. The molecule has 3 aromatic rings. The lowest BCUT2D eigenvalue weighted by Gasteiger charge is -2.13. The third-order valence-electron chi connectivity index (χ3n) is 3.91. The Kier molecular flexibility index (Phi) is 5.80. The molecule has 1 aromatic carbocycles. The fourth-order valence-electron chi connectivity index (χ4n) is 2.79. The summed E-state index contributed by atoms with van der Waals surface area (Å²) in [6.45, 7) is 4.15. The molecule has 3 rings (SSSR count). The van der Waals surface area contributed by atoms with Gasteiger partial charge >= 0.3 is 0 Å². The number of hydrogen-bond donors (Lipinski definition) is 2. The fraction of sp³-hybridized carbons (Fsp3) is 0.412. The molecule has 2 N–H and O–H groups in total. The number of H-pyrrole nitrogens is 1. The Hall–Kier alpha value is -1.85. The molecule has 0 fully saturated rings. The number of benzene rings is 1. The number of hydrogen-bond acceptors (Lipinski definition) is 4. The van der Waals surface area contributed by atoms with Gasteiger partial charge < -0.3 is 10.2 Å². The summed E-state index contributed by atoms with van der Waals surface area (Å²) in [6.07, 6.45) is 2.02. The Balaban J connectivity index is 0.00000192. The van der Waals surface area contributed by atoms with E-state index in [0.29, 0.717) is 0 Å². The van der Waals surface area contributed by atoms with Gasteiger partial charge in [-0.15, -0.1) is 12.4 Å². The zero-order valence-corrected chi connectivity index (χ0v) is 14.7. The van der Waals surface area contributed by atoms with Gasteiger partial charge in [-0.25, -0.2) is 4.98 Å². The Morgan fingerprint density at radius 2 is 2.00 bits per heavy atom. The Labute approximate surface area is 142 Å². The SMILES string of the molecule is CCc1[nH]nc2nc3ccccc3c(NCCCN(C)C)c12.Cl. The number of fused-ring (bicyclic) bond motifs is 2. The highest BCUT2D eigenvalue weighted by Crippen LogP contribution is 2.32. The van der Waals surface area contributed by atoms with E-state index < -0.39 is 0 Å². The van der Waals surface area contributed by atoms with Gasteiger partial charge in [0.15, 0.2) is 5.65 Å². The van der Waals surface area contributed by atoms with Crippen molar-refractivity contribution in [2.24, 2.45) is 0 Å². The molecular weight excluding hydrogens is 310 g/mol. The van der Waals surface area contributed by atoms with Crippen LogP contribution in [0.25, 0.3) is 21.9 Å². The number of anilines is 1. The molecule has 0 bridgehead atoms. The van der Waals surface area contributed by atoms with Gasteiger partial charge in [0.2, 0.25) is 0 Å². The lowest BCUT2D eigenvalue weighted by molar-refractivity contribution is 0.405. The zero-order chi connectivity index (χ0) is 15.5. The van der Waals surface area contributed by atoms with Crippen LogP contribution in [0, 0.1) is 0 Å². The van der Waals surface area contributed by atoms with E-state index in [9.17, 15) is 0 Å². The van der Waals surface area contributed by atoms with Crippen LogP contribution in [0.3, 0.4) is 0 Å². The van der Waals surface area contributed by atoms with E-state index in [1.165, 1.54) is 0 Å². The van der Waals surface area contributed by atoms with Gasteiger partial charge in [-0.2, -0.15) is 5.10 Å². The minimum Gasteiger partial charge on any atom is -0.384 e. The van der Waals surface area contributed by atoms with Crippen LogP contribution in [0.1, 0.15) is 19.0 Å². The van der Waals surface area contributed by atoms with Gasteiger partial charge in [-0.1, -0.05) is 25.1 Å². The fourth-order valence-corrected chi connectivity index (χ4v) is 2.79. The van der Waals surface area contributed by atoms with Crippen LogP contribution in [-0.2, 0) is 6.42 Å². The lowest BCUT2D eigenvalue weighted by Crippen LogP contribution is -2.16. The van der Waals surface area contributed by atoms with E-state index in [1.54, 1.807) is 0 Å². The number of halogens is 1. The van der Waals surface area contributed by atoms with E-state index in [1.807, 2.05) is 12.1 Å². The van der Waals surface area contributed by atoms with Crippen LogP contribution in [-0.4, -0.2) is 47.3 Å². The normalized spacial score (nSPS) is 11.1. The molecule has 0 aliphatic heterocycles. The summed E-state index contributed by atoms with van der Waals surface area (Å²) >= 11 is 0. The highest BCUT2D eigenvalue weighted by molar-refractivity contribution is 6.07. The van der Waals surface area contributed by atoms with E-state index in [4.69, 9.17) is 0 Å². The van der Waals surface area contributed by atoms with E-state index in [-0.39, 0.29) is 12.4 Å². The number of pyridine rings is 1. The summed E-state index contributed by atoms with van der Waals surface area (Å²) in [5.74, 6) is 0. The standard InChI is InChI=1S/C17H23N5.ClH/c1-4-13-15-16(18-10-7-11-22(2)3)12-8-5-6-9-14(12)19-17(15)21-20-13;/h5-6,8-9H,4,7,10-11H2,1-3H3,(H2,18,19,20,21);1H. The predicted octanol–water partition coefficient (Wildman–Crippen LogP) is 3.46. The van der Waals surface area contributed by atoms with Crippen molar-refractivity contribution < 1.29 is 0 Å². The zero-order valence-electron chi connectivity index (χ0n) is 13.9. The first-order valence-corrected chi connectivity index (χ1v) is 7.85. The van der Waals surface area contributed by atoms with Crippen molar-refractivity contribution in [3.8, 4) is 0 Å². The number of rotatable bonds is 6. The molecule has 0 saturated carbocycles. The molecule has 23 heavy (non-hydrogen) atoms. The maximum Gasteiger partial charge on any atom is 0.183 e. The quantitative estimate of drug-likeness (QED) is 0.678. The van der Waals surface area contributed by atoms with E-state index in [0.717, 1.165) is 59.2 Å². The largest absolute Gasteiger partial charge is 0.384 e. The van der Waals surface area contributed by atoms with Crippen molar-refractivity contribution in [3.05, 3.63) is 30.0 Å². The topological polar surface area (TPSA) is 56.8 Å². The Morgan fingerprint density at radius 1 is 1.22 bits per heavy atom. The molecule has 6 heteroatoms. The van der Waals surface area contributed by atoms with Gasteiger partial charge in [-0.3, -0.25) is 5.10 Å². The van der Waals surface area contributed by atoms with E-state index in [2.05, 4.69) is 58.5 Å². The highest BCUT2D eigenvalue weighted by atomic mass is 35.5. The van der Waals surface area contributed by atoms with Gasteiger partial charge in [-0.05, 0) is 39.5 Å². The molecule has 2 aromatic heterocycles. The summed E-state index contributed by atoms with van der Waals surface area (Å²) in [6, 6.07) is 8.25. The predicted molar refractivity (Wildman–Crippen MR) is 99.7 cm³/mol. The number of aromatic nitrogens is 3. The van der Waals surface area contributed by atoms with Crippen LogP contribution in [0.4, 0.5) is 5.69 Å². The summed E-state index contributed by atoms with van der Waals surface area (Å²) < 4.78 is 0. The van der Waals surface area contributed by atoms with Gasteiger partial charge in [0, 0.05) is 17.6 Å². The van der Waals surface area contributed by atoms with Crippen LogP contribution in [0.5, 0.6) is 0 Å². The van der Waals surface area contributed by atoms with Crippen LogP contribution in [0.2, 0.25) is 0 Å². The Bertz CT molecular complexity index is 781. The van der Waals surface area contributed by atoms with Crippen molar-refractivity contribution >= 4 is 40.0 Å². The summed E-state index contributed by atoms with van der Waals surface area (Å²) in [4.78, 5) is 6.88. The molecule has 0 aliphatic rings. The molecular formula is C17H24ClN5. The summed E-state index contributed by atoms with van der Waals surface area (Å²) in [5.41, 5.74) is 4.08. The summed E-state index contributed by atoms with van der Waals surface area (Å²) in [7, 11) is 4.20. The smallest absolute Gasteiger partial charge is 0.183 e. The molecule has 0 atom stereocenters. The molecule has 124 valence electrons. The molecule has 0 aliphatic carbocycles. The second-order valence-electron chi connectivity index (χ2n) is 5.84. The van der Waals surface area contributed by atoms with Crippen molar-refractivity contribution in [3.63, 3.8) is 0 Å². The molecule has 0 amide bonds. The van der Waals surface area contributed by atoms with Crippen LogP contribution in [0.15, 0.2) is 24.3 Å². The van der Waals surface area contributed by atoms with Gasteiger partial charge in [0.1, 0.15) is 0 Å². The van der Waals surface area contributed by atoms with Gasteiger partial charge in [0.05, 0.1) is 16.6 Å². The van der Waals surface area contributed by atoms with Crippen molar-refractivity contribution in [2.75, 3.05) is 32.5 Å². The number of nitrogens with one attached hydrogen (secondary N) is 2. The molecule has 2 heterocycles. The second-order valence-corrected chi connectivity index (χ2v) is 5.84. The minimum absolute atomic E-state index is 0. The van der Waals surface area contributed by atoms with Gasteiger partial charge in [0.25, 0.3) is 0 Å². The number of nitrogens with zero attached hydrogens (tertiary/aromatic N) is 3. The third kappa shape index (κ3) is 3.57. The van der Waals surface area contributed by atoms with E-state index >= 15 is 0 Å². The number of aromatic amines is 1. The number of para-hydroxylation sites is 1. The summed E-state index contributed by atoms with van der Waals surface area (Å²) in [5, 5.41) is 13.4. The molecule has 0 unspecified atom stereocenters. The first kappa shape index (κ1) is 17.5. The maximum absolute atomic E-state index is 4.67. The highest BCUT2D eigenvalue weighted by Gasteiger charge is 2.14. The van der Waals surface area contributed by atoms with Crippen LogP contribution < -0.4 is 5.32 Å². The average Bonchev–Trinajstić information content (AvgIpc) is 2.93. The number of aryl methyl sites for hydroxylation is 1. The average molecular weight is 334 g/mol. The Morgan fingerprint density at radius 3 is 2.74 bits per heavy atom. The van der Waals surface area contributed by atoms with Crippen molar-refractivity contribution in [1.82, 2.24) is 20.1 Å². The molecule has 0 saturated heterocycles. The molecule has 5 nitrogen and oxygen atoms in total. The second kappa shape index (κ2) is 7.62. The van der Waals surface area contributed by atoms with Crippen molar-refractivity contribution in [1.29, 1.82) is 0 Å². The minimum atomic E-state index is 0. The first-order valence-electron chi connectivity index (χ1n) is 7.85. The molecule has 0 radical (unpaired) electrons. The van der Waals surface area contributed by atoms with Crippen molar-refractivity contribution in [2.45, 2.75) is 19.8 Å². The monoisotopic (exact) mass is 333 g/mol. The lowest BCUT2D eigenvalue weighted by atomic mass is 10.1.